The molecule has 2 aromatic carbocycles. The van der Waals surface area contributed by atoms with Crippen LogP contribution in [0, 0.1) is 0 Å². The van der Waals surface area contributed by atoms with E-state index in [0.717, 1.165) is 11.5 Å². The number of benzene rings is 2. The highest BCUT2D eigenvalue weighted by Crippen LogP contribution is 2.23. The molecule has 0 spiro atoms. The van der Waals surface area contributed by atoms with Crippen molar-refractivity contribution < 1.29 is 4.74 Å². The van der Waals surface area contributed by atoms with Crippen molar-refractivity contribution in [1.29, 1.82) is 0 Å². The Hall–Kier alpha value is -1.76. The van der Waals surface area contributed by atoms with Crippen LogP contribution in [-0.2, 0) is 12.8 Å². The average molecular weight is 395 g/mol. The number of ether oxygens (including phenoxy) is 1. The molecule has 0 saturated heterocycles. The summed E-state index contributed by atoms with van der Waals surface area (Å²) >= 11 is 0. The first kappa shape index (κ1) is 23.5. The van der Waals surface area contributed by atoms with E-state index >= 15 is 0 Å². The molecule has 0 bridgehead atoms. The topological polar surface area (TPSA) is 9.23 Å². The van der Waals surface area contributed by atoms with E-state index in [4.69, 9.17) is 4.74 Å². The van der Waals surface area contributed by atoms with E-state index in [1.165, 1.54) is 101 Å². The van der Waals surface area contributed by atoms with Crippen molar-refractivity contribution in [2.45, 2.75) is 104 Å². The number of hydrogen-bond acceptors (Lipinski definition) is 1. The summed E-state index contributed by atoms with van der Waals surface area (Å²) in [4.78, 5) is 0. The molecule has 0 radical (unpaired) electrons. The summed E-state index contributed by atoms with van der Waals surface area (Å²) in [6.07, 6.45) is 18.6. The van der Waals surface area contributed by atoms with E-state index in [0.29, 0.717) is 0 Å². The molecule has 0 aromatic heterocycles. The molecule has 0 unspecified atom stereocenters. The van der Waals surface area contributed by atoms with Crippen LogP contribution in [0.25, 0.3) is 0 Å². The molecule has 0 saturated carbocycles. The first-order valence-corrected chi connectivity index (χ1v) is 12.2. The smallest absolute Gasteiger partial charge is 0.127 e. The van der Waals surface area contributed by atoms with Crippen LogP contribution in [0.4, 0.5) is 0 Å². The highest BCUT2D eigenvalue weighted by Gasteiger charge is 2.00. The van der Waals surface area contributed by atoms with E-state index in [1.807, 2.05) is 0 Å². The molecule has 0 atom stereocenters. The van der Waals surface area contributed by atoms with Gasteiger partial charge in [-0.25, -0.2) is 0 Å². The Morgan fingerprint density at radius 2 is 0.793 bits per heavy atom. The molecule has 0 amide bonds. The zero-order chi connectivity index (χ0) is 20.6. The highest BCUT2D eigenvalue weighted by molar-refractivity contribution is 5.34. The third kappa shape index (κ3) is 10.5. The van der Waals surface area contributed by atoms with Gasteiger partial charge in [0.25, 0.3) is 0 Å². The van der Waals surface area contributed by atoms with Gasteiger partial charge in [-0.2, -0.15) is 0 Å². The standard InChI is InChI=1S/C28H42O/c1-3-5-7-9-11-13-15-25-17-21-27(22-18-25)29-28-23-19-26(20-24-28)16-14-12-10-8-6-4-2/h17-24H,3-16H2,1-2H3. The Balaban J connectivity index is 1.66. The van der Waals surface area contributed by atoms with Crippen LogP contribution in [0.15, 0.2) is 48.5 Å². The second-order valence-corrected chi connectivity index (χ2v) is 8.43. The summed E-state index contributed by atoms with van der Waals surface area (Å²) in [5, 5.41) is 0. The lowest BCUT2D eigenvalue weighted by atomic mass is 10.0. The summed E-state index contributed by atoms with van der Waals surface area (Å²) in [6, 6.07) is 17.3. The van der Waals surface area contributed by atoms with Crippen LogP contribution in [0.3, 0.4) is 0 Å². The van der Waals surface area contributed by atoms with Crippen LogP contribution in [0.1, 0.15) is 102 Å². The molecule has 0 N–H and O–H groups in total. The number of unbranched alkanes of at least 4 members (excludes halogenated alkanes) is 10. The lowest BCUT2D eigenvalue weighted by molar-refractivity contribution is 0.482. The number of hydrogen-bond donors (Lipinski definition) is 0. The molecular formula is C28H42O. The van der Waals surface area contributed by atoms with Gasteiger partial charge in [0, 0.05) is 0 Å². The molecular weight excluding hydrogens is 352 g/mol. The molecule has 1 nitrogen and oxygen atoms in total. The van der Waals surface area contributed by atoms with Crippen LogP contribution in [0.5, 0.6) is 11.5 Å². The summed E-state index contributed by atoms with van der Waals surface area (Å²) in [7, 11) is 0. The normalized spacial score (nSPS) is 11.0. The summed E-state index contributed by atoms with van der Waals surface area (Å²) in [5.74, 6) is 1.86. The second-order valence-electron chi connectivity index (χ2n) is 8.43. The third-order valence-electron chi connectivity index (χ3n) is 5.72. The van der Waals surface area contributed by atoms with E-state index < -0.39 is 0 Å². The first-order valence-electron chi connectivity index (χ1n) is 12.2. The molecule has 2 aromatic rings. The minimum Gasteiger partial charge on any atom is -0.457 e. The van der Waals surface area contributed by atoms with Crippen molar-refractivity contribution in [2.24, 2.45) is 0 Å². The monoisotopic (exact) mass is 394 g/mol. The van der Waals surface area contributed by atoms with Crippen molar-refractivity contribution in [3.63, 3.8) is 0 Å². The van der Waals surface area contributed by atoms with Crippen molar-refractivity contribution in [1.82, 2.24) is 0 Å². The van der Waals surface area contributed by atoms with Gasteiger partial charge < -0.3 is 4.74 Å². The first-order chi connectivity index (χ1) is 14.3. The molecule has 0 aliphatic heterocycles. The molecule has 0 heterocycles. The Bertz CT molecular complexity index is 569. The van der Waals surface area contributed by atoms with Gasteiger partial charge >= 0.3 is 0 Å². The van der Waals surface area contributed by atoms with Crippen molar-refractivity contribution in [2.75, 3.05) is 0 Å². The predicted molar refractivity (Wildman–Crippen MR) is 127 cm³/mol. The van der Waals surface area contributed by atoms with Crippen molar-refractivity contribution in [3.05, 3.63) is 59.7 Å². The maximum atomic E-state index is 6.03. The van der Waals surface area contributed by atoms with E-state index in [-0.39, 0.29) is 0 Å². The highest BCUT2D eigenvalue weighted by atomic mass is 16.5. The number of rotatable bonds is 16. The SMILES string of the molecule is CCCCCCCCc1ccc(Oc2ccc(CCCCCCCC)cc2)cc1. The fourth-order valence-electron chi connectivity index (χ4n) is 3.80. The van der Waals surface area contributed by atoms with E-state index in [9.17, 15) is 0 Å². The van der Waals surface area contributed by atoms with Crippen LogP contribution < -0.4 is 4.74 Å². The van der Waals surface area contributed by atoms with E-state index in [1.54, 1.807) is 0 Å². The molecule has 2 rings (SSSR count). The molecule has 0 fully saturated rings. The molecule has 1 heteroatoms. The largest absolute Gasteiger partial charge is 0.457 e. The van der Waals surface area contributed by atoms with E-state index in [2.05, 4.69) is 62.4 Å². The van der Waals surface area contributed by atoms with Crippen LogP contribution >= 0.6 is 0 Å². The Kier molecular flexibility index (Phi) is 12.3. The van der Waals surface area contributed by atoms with Gasteiger partial charge in [-0.1, -0.05) is 102 Å². The quantitative estimate of drug-likeness (QED) is 0.258. The van der Waals surface area contributed by atoms with Gasteiger partial charge in [-0.15, -0.1) is 0 Å². The molecule has 29 heavy (non-hydrogen) atoms. The zero-order valence-corrected chi connectivity index (χ0v) is 18.9. The summed E-state index contributed by atoms with van der Waals surface area (Å²) in [5.41, 5.74) is 2.84. The predicted octanol–water partition coefficient (Wildman–Crippen LogP) is 9.28. The minimum atomic E-state index is 0.931. The average Bonchev–Trinajstić information content (AvgIpc) is 2.75. The van der Waals surface area contributed by atoms with Gasteiger partial charge in [0.05, 0.1) is 0 Å². The fourth-order valence-corrected chi connectivity index (χ4v) is 3.80. The lowest BCUT2D eigenvalue weighted by Gasteiger charge is -2.08. The Labute approximate surface area is 179 Å². The molecule has 0 aliphatic rings. The second kappa shape index (κ2) is 15.1. The maximum absolute atomic E-state index is 6.03. The van der Waals surface area contributed by atoms with Gasteiger partial charge in [0.15, 0.2) is 0 Å². The van der Waals surface area contributed by atoms with Crippen LogP contribution in [-0.4, -0.2) is 0 Å². The van der Waals surface area contributed by atoms with Gasteiger partial charge in [-0.05, 0) is 61.1 Å². The molecule has 160 valence electrons. The van der Waals surface area contributed by atoms with Crippen molar-refractivity contribution >= 4 is 0 Å². The Morgan fingerprint density at radius 3 is 1.17 bits per heavy atom. The lowest BCUT2D eigenvalue weighted by Crippen LogP contribution is -1.89. The zero-order valence-electron chi connectivity index (χ0n) is 18.9. The van der Waals surface area contributed by atoms with Crippen molar-refractivity contribution in [3.8, 4) is 11.5 Å². The molecule has 0 aliphatic carbocycles. The summed E-state index contributed by atoms with van der Waals surface area (Å²) in [6.45, 7) is 4.54. The number of aryl methyl sites for hydroxylation is 2. The van der Waals surface area contributed by atoms with Crippen LogP contribution in [0.2, 0.25) is 0 Å². The van der Waals surface area contributed by atoms with Gasteiger partial charge in [0.1, 0.15) is 11.5 Å². The summed E-state index contributed by atoms with van der Waals surface area (Å²) < 4.78 is 6.03. The Morgan fingerprint density at radius 1 is 0.448 bits per heavy atom. The fraction of sp³-hybridized carbons (Fsp3) is 0.571. The van der Waals surface area contributed by atoms with Gasteiger partial charge in [0.2, 0.25) is 0 Å². The van der Waals surface area contributed by atoms with Gasteiger partial charge in [-0.3, -0.25) is 0 Å². The minimum absolute atomic E-state index is 0.931. The maximum Gasteiger partial charge on any atom is 0.127 e. The third-order valence-corrected chi connectivity index (χ3v) is 5.72.